The molecule has 0 bridgehead atoms. The maximum atomic E-state index is 12.7. The number of methoxy groups -OCH3 is 1. The Labute approximate surface area is 124 Å². The van der Waals surface area contributed by atoms with E-state index in [1.165, 1.54) is 12.8 Å². The molecule has 1 heterocycles. The van der Waals surface area contributed by atoms with E-state index in [2.05, 4.69) is 19.2 Å². The van der Waals surface area contributed by atoms with Crippen LogP contribution in [0.5, 0.6) is 0 Å². The summed E-state index contributed by atoms with van der Waals surface area (Å²) in [6, 6.07) is 0.472. The molecule has 1 fully saturated rings. The Morgan fingerprint density at radius 2 is 2.25 bits per heavy atom. The number of amides is 1. The van der Waals surface area contributed by atoms with Gasteiger partial charge in [0.25, 0.3) is 0 Å². The summed E-state index contributed by atoms with van der Waals surface area (Å²) in [7, 11) is 1.70. The van der Waals surface area contributed by atoms with Crippen molar-refractivity contribution in [2.45, 2.75) is 58.4 Å². The normalized spacial score (nSPS) is 20.1. The van der Waals surface area contributed by atoms with E-state index in [9.17, 15) is 4.79 Å². The Morgan fingerprint density at radius 3 is 2.80 bits per heavy atom. The minimum atomic E-state index is 0.188. The molecular formula is C16H32N2O2. The van der Waals surface area contributed by atoms with Crippen LogP contribution in [0.4, 0.5) is 0 Å². The van der Waals surface area contributed by atoms with E-state index >= 15 is 0 Å². The van der Waals surface area contributed by atoms with Crippen molar-refractivity contribution < 1.29 is 9.53 Å². The summed E-state index contributed by atoms with van der Waals surface area (Å²) in [5.41, 5.74) is 0. The van der Waals surface area contributed by atoms with Crippen LogP contribution in [-0.4, -0.2) is 50.2 Å². The third kappa shape index (κ3) is 5.80. The summed E-state index contributed by atoms with van der Waals surface area (Å²) in [4.78, 5) is 14.7. The highest BCUT2D eigenvalue weighted by atomic mass is 16.5. The molecule has 2 unspecified atom stereocenters. The quantitative estimate of drug-likeness (QED) is 0.670. The molecule has 0 aromatic rings. The van der Waals surface area contributed by atoms with Crippen molar-refractivity contribution in [2.24, 2.45) is 5.92 Å². The standard InChI is InChI=1S/C16H32N2O2/c1-4-6-8-14(5-2)16(19)18(11-12-20-3)13-15-9-7-10-17-15/h14-15,17H,4-13H2,1-3H3. The molecule has 118 valence electrons. The molecule has 1 amide bonds. The number of nitrogens with zero attached hydrogens (tertiary/aromatic N) is 1. The molecule has 2 atom stereocenters. The van der Waals surface area contributed by atoms with Gasteiger partial charge >= 0.3 is 0 Å². The van der Waals surface area contributed by atoms with Crippen LogP contribution in [0.1, 0.15) is 52.4 Å². The van der Waals surface area contributed by atoms with Gasteiger partial charge < -0.3 is 15.0 Å². The van der Waals surface area contributed by atoms with Crippen molar-refractivity contribution in [3.05, 3.63) is 0 Å². The highest BCUT2D eigenvalue weighted by Crippen LogP contribution is 2.17. The predicted molar refractivity (Wildman–Crippen MR) is 82.8 cm³/mol. The molecule has 0 aromatic heterocycles. The van der Waals surface area contributed by atoms with Crippen LogP contribution in [0, 0.1) is 5.92 Å². The molecule has 4 nitrogen and oxygen atoms in total. The first-order chi connectivity index (χ1) is 9.72. The molecule has 1 N–H and O–H groups in total. The van der Waals surface area contributed by atoms with Crippen LogP contribution in [0.25, 0.3) is 0 Å². The average Bonchev–Trinajstić information content (AvgIpc) is 2.97. The highest BCUT2D eigenvalue weighted by molar-refractivity contribution is 5.78. The first-order valence-electron chi connectivity index (χ1n) is 8.24. The summed E-state index contributed by atoms with van der Waals surface area (Å²) in [6.45, 7) is 7.58. The Kier molecular flexibility index (Phi) is 8.86. The van der Waals surface area contributed by atoms with Crippen LogP contribution in [0.15, 0.2) is 0 Å². The maximum Gasteiger partial charge on any atom is 0.225 e. The van der Waals surface area contributed by atoms with E-state index in [0.29, 0.717) is 18.6 Å². The lowest BCUT2D eigenvalue weighted by molar-refractivity contribution is -0.137. The van der Waals surface area contributed by atoms with Gasteiger partial charge in [-0.05, 0) is 32.2 Å². The van der Waals surface area contributed by atoms with Gasteiger partial charge in [0.15, 0.2) is 0 Å². The summed E-state index contributed by atoms with van der Waals surface area (Å²) >= 11 is 0. The van der Waals surface area contributed by atoms with Crippen molar-refractivity contribution in [3.63, 3.8) is 0 Å². The van der Waals surface area contributed by atoms with Crippen LogP contribution < -0.4 is 5.32 Å². The number of rotatable bonds is 10. The Hall–Kier alpha value is -0.610. The van der Waals surface area contributed by atoms with Gasteiger partial charge in [0.2, 0.25) is 5.91 Å². The molecule has 0 radical (unpaired) electrons. The molecule has 0 saturated carbocycles. The van der Waals surface area contributed by atoms with Gasteiger partial charge in [-0.3, -0.25) is 4.79 Å². The molecule has 0 spiro atoms. The number of unbranched alkanes of at least 4 members (excludes halogenated alkanes) is 1. The van der Waals surface area contributed by atoms with Gasteiger partial charge in [-0.2, -0.15) is 0 Å². The van der Waals surface area contributed by atoms with E-state index in [0.717, 1.165) is 45.3 Å². The van der Waals surface area contributed by atoms with Gasteiger partial charge in [-0.15, -0.1) is 0 Å². The van der Waals surface area contributed by atoms with Crippen molar-refractivity contribution >= 4 is 5.91 Å². The predicted octanol–water partition coefficient (Wildman–Crippen LogP) is 2.43. The zero-order valence-electron chi connectivity index (χ0n) is 13.5. The lowest BCUT2D eigenvalue weighted by Crippen LogP contribution is -2.45. The zero-order chi connectivity index (χ0) is 14.8. The number of hydrogen-bond donors (Lipinski definition) is 1. The fourth-order valence-electron chi connectivity index (χ4n) is 2.88. The van der Waals surface area contributed by atoms with Crippen molar-refractivity contribution in [1.82, 2.24) is 10.2 Å². The minimum absolute atomic E-state index is 0.188. The number of ether oxygens (including phenoxy) is 1. The lowest BCUT2D eigenvalue weighted by Gasteiger charge is -2.29. The lowest BCUT2D eigenvalue weighted by atomic mass is 9.97. The molecular weight excluding hydrogens is 252 g/mol. The number of carbonyl (C=O) groups is 1. The topological polar surface area (TPSA) is 41.6 Å². The van der Waals surface area contributed by atoms with E-state index in [-0.39, 0.29) is 5.92 Å². The molecule has 1 rings (SSSR count). The van der Waals surface area contributed by atoms with E-state index in [1.54, 1.807) is 7.11 Å². The van der Waals surface area contributed by atoms with Crippen LogP contribution in [0.2, 0.25) is 0 Å². The Balaban J connectivity index is 2.55. The fourth-order valence-corrected chi connectivity index (χ4v) is 2.88. The summed E-state index contributed by atoms with van der Waals surface area (Å²) < 4.78 is 5.17. The van der Waals surface area contributed by atoms with Gasteiger partial charge in [-0.25, -0.2) is 0 Å². The molecule has 0 aliphatic carbocycles. The number of carbonyl (C=O) groups excluding carboxylic acids is 1. The highest BCUT2D eigenvalue weighted by Gasteiger charge is 2.25. The zero-order valence-corrected chi connectivity index (χ0v) is 13.5. The van der Waals surface area contributed by atoms with Crippen LogP contribution >= 0.6 is 0 Å². The van der Waals surface area contributed by atoms with E-state index in [4.69, 9.17) is 4.74 Å². The second-order valence-electron chi connectivity index (χ2n) is 5.82. The molecule has 1 saturated heterocycles. The molecule has 1 aliphatic heterocycles. The van der Waals surface area contributed by atoms with Crippen molar-refractivity contribution in [3.8, 4) is 0 Å². The molecule has 4 heteroatoms. The van der Waals surface area contributed by atoms with E-state index in [1.807, 2.05) is 4.90 Å². The Bertz CT molecular complexity index is 265. The fraction of sp³-hybridized carbons (Fsp3) is 0.938. The van der Waals surface area contributed by atoms with Gasteiger partial charge in [-0.1, -0.05) is 26.7 Å². The van der Waals surface area contributed by atoms with Crippen molar-refractivity contribution in [2.75, 3.05) is 33.4 Å². The largest absolute Gasteiger partial charge is 0.383 e. The average molecular weight is 284 g/mol. The molecule has 1 aliphatic rings. The first-order valence-corrected chi connectivity index (χ1v) is 8.24. The smallest absolute Gasteiger partial charge is 0.225 e. The minimum Gasteiger partial charge on any atom is -0.383 e. The summed E-state index contributed by atoms with van der Waals surface area (Å²) in [5.74, 6) is 0.514. The molecule has 20 heavy (non-hydrogen) atoms. The number of nitrogens with one attached hydrogen (secondary N) is 1. The SMILES string of the molecule is CCCCC(CC)C(=O)N(CCOC)CC1CCCN1. The van der Waals surface area contributed by atoms with Gasteiger partial charge in [0, 0.05) is 32.2 Å². The second-order valence-corrected chi connectivity index (χ2v) is 5.82. The monoisotopic (exact) mass is 284 g/mol. The molecule has 0 aromatic carbocycles. The van der Waals surface area contributed by atoms with Crippen LogP contribution in [0.3, 0.4) is 0 Å². The van der Waals surface area contributed by atoms with Crippen molar-refractivity contribution in [1.29, 1.82) is 0 Å². The van der Waals surface area contributed by atoms with Gasteiger partial charge in [0.1, 0.15) is 0 Å². The van der Waals surface area contributed by atoms with Crippen LogP contribution in [-0.2, 0) is 9.53 Å². The number of hydrogen-bond acceptors (Lipinski definition) is 3. The summed E-state index contributed by atoms with van der Waals surface area (Å²) in [5, 5.41) is 3.48. The summed E-state index contributed by atoms with van der Waals surface area (Å²) in [6.07, 6.45) is 6.68. The third-order valence-electron chi connectivity index (χ3n) is 4.23. The van der Waals surface area contributed by atoms with E-state index < -0.39 is 0 Å². The first kappa shape index (κ1) is 17.4. The van der Waals surface area contributed by atoms with Gasteiger partial charge in [0.05, 0.1) is 6.61 Å². The maximum absolute atomic E-state index is 12.7. The second kappa shape index (κ2) is 10.2. The Morgan fingerprint density at radius 1 is 1.45 bits per heavy atom. The third-order valence-corrected chi connectivity index (χ3v) is 4.23.